The predicted molar refractivity (Wildman–Crippen MR) is 121 cm³/mol. The molecule has 0 aliphatic heterocycles. The number of nitrogens with one attached hydrogen (secondary N) is 1. The molecule has 0 saturated carbocycles. The first-order valence-electron chi connectivity index (χ1n) is 9.72. The molecule has 3 rings (SSSR count). The molecule has 10 heteroatoms. The third-order valence-electron chi connectivity index (χ3n) is 4.75. The van der Waals surface area contributed by atoms with Crippen LogP contribution < -0.4 is 10.7 Å². The minimum Gasteiger partial charge on any atom is -0.462 e. The fraction of sp³-hybridized carbons (Fsp3) is 0.227. The number of hydrogen-bond donors (Lipinski definition) is 1. The van der Waals surface area contributed by atoms with Crippen LogP contribution in [-0.2, 0) is 16.1 Å². The summed E-state index contributed by atoms with van der Waals surface area (Å²) in [6, 6.07) is 8.78. The second kappa shape index (κ2) is 9.56. The number of aromatic nitrogens is 1. The summed E-state index contributed by atoms with van der Waals surface area (Å²) in [5.41, 5.74) is 2.06. The van der Waals surface area contributed by atoms with Crippen LogP contribution >= 0.6 is 11.3 Å². The number of esters is 1. The number of nitro benzene ring substituents is 1. The SMILES string of the molecule is CCOC(=O)c1c(-c2cccc([N+](=O)[O-])c2)csc1NC(=O)Cn1c(C)cc(=O)cc1C. The summed E-state index contributed by atoms with van der Waals surface area (Å²) in [6.07, 6.45) is 0. The van der Waals surface area contributed by atoms with E-state index >= 15 is 0 Å². The van der Waals surface area contributed by atoms with E-state index in [1.54, 1.807) is 36.8 Å². The van der Waals surface area contributed by atoms with Crippen LogP contribution in [-0.4, -0.2) is 28.0 Å². The van der Waals surface area contributed by atoms with Crippen molar-refractivity contribution in [1.29, 1.82) is 0 Å². The van der Waals surface area contributed by atoms with E-state index in [4.69, 9.17) is 4.74 Å². The van der Waals surface area contributed by atoms with E-state index in [-0.39, 0.29) is 34.8 Å². The Bertz CT molecular complexity index is 1230. The van der Waals surface area contributed by atoms with Crippen LogP contribution in [0, 0.1) is 24.0 Å². The number of ether oxygens (including phenoxy) is 1. The van der Waals surface area contributed by atoms with Crippen LogP contribution in [0.5, 0.6) is 0 Å². The van der Waals surface area contributed by atoms with Gasteiger partial charge < -0.3 is 14.6 Å². The number of carbonyl (C=O) groups excluding carboxylic acids is 2. The minimum absolute atomic E-state index is 0.0513. The van der Waals surface area contributed by atoms with Gasteiger partial charge in [0, 0.05) is 46.6 Å². The van der Waals surface area contributed by atoms with E-state index in [0.29, 0.717) is 22.5 Å². The zero-order valence-electron chi connectivity index (χ0n) is 17.7. The van der Waals surface area contributed by atoms with Crippen LogP contribution in [0.4, 0.5) is 10.7 Å². The number of non-ortho nitro benzene ring substituents is 1. The molecule has 1 amide bonds. The molecule has 1 aromatic carbocycles. The van der Waals surface area contributed by atoms with Crippen molar-refractivity contribution in [2.75, 3.05) is 11.9 Å². The fourth-order valence-corrected chi connectivity index (χ4v) is 4.28. The van der Waals surface area contributed by atoms with Crippen molar-refractivity contribution < 1.29 is 19.2 Å². The van der Waals surface area contributed by atoms with Gasteiger partial charge in [-0.25, -0.2) is 4.79 Å². The standard InChI is InChI=1S/C22H21N3O6S/c1-4-31-22(28)20-18(15-6-5-7-16(10-15)25(29)30)12-32-21(20)23-19(27)11-24-13(2)8-17(26)9-14(24)3/h5-10,12H,4,11H2,1-3H3,(H,23,27). The highest BCUT2D eigenvalue weighted by atomic mass is 32.1. The lowest BCUT2D eigenvalue weighted by Gasteiger charge is -2.14. The maximum absolute atomic E-state index is 12.7. The molecule has 0 saturated heterocycles. The Morgan fingerprint density at radius 1 is 1.19 bits per heavy atom. The van der Waals surface area contributed by atoms with Crippen LogP contribution in [0.3, 0.4) is 0 Å². The van der Waals surface area contributed by atoms with Crippen molar-refractivity contribution in [3.05, 3.63) is 79.1 Å². The molecule has 0 bridgehead atoms. The van der Waals surface area contributed by atoms with Gasteiger partial charge in [-0.05, 0) is 26.3 Å². The Labute approximate surface area is 187 Å². The number of rotatable bonds is 7. The highest BCUT2D eigenvalue weighted by Crippen LogP contribution is 2.37. The summed E-state index contributed by atoms with van der Waals surface area (Å²) in [6.45, 7) is 5.21. The summed E-state index contributed by atoms with van der Waals surface area (Å²) in [5.74, 6) is -1.03. The summed E-state index contributed by atoms with van der Waals surface area (Å²) < 4.78 is 6.85. The van der Waals surface area contributed by atoms with Crippen molar-refractivity contribution >= 4 is 33.9 Å². The molecule has 0 unspecified atom stereocenters. The van der Waals surface area contributed by atoms with Gasteiger partial charge in [-0.15, -0.1) is 11.3 Å². The van der Waals surface area contributed by atoms with E-state index in [1.807, 2.05) is 0 Å². The molecule has 0 atom stereocenters. The van der Waals surface area contributed by atoms with Crippen molar-refractivity contribution in [2.45, 2.75) is 27.3 Å². The zero-order chi connectivity index (χ0) is 23.4. The van der Waals surface area contributed by atoms with E-state index in [9.17, 15) is 24.5 Å². The summed E-state index contributed by atoms with van der Waals surface area (Å²) in [7, 11) is 0. The van der Waals surface area contributed by atoms with Gasteiger partial charge in [0.15, 0.2) is 5.43 Å². The molecule has 32 heavy (non-hydrogen) atoms. The average Bonchev–Trinajstić information content (AvgIpc) is 3.14. The van der Waals surface area contributed by atoms with Crippen molar-refractivity contribution in [3.8, 4) is 11.1 Å². The van der Waals surface area contributed by atoms with Crippen molar-refractivity contribution in [2.24, 2.45) is 0 Å². The van der Waals surface area contributed by atoms with Crippen molar-refractivity contribution in [3.63, 3.8) is 0 Å². The number of anilines is 1. The van der Waals surface area contributed by atoms with Gasteiger partial charge in [0.2, 0.25) is 5.91 Å². The van der Waals surface area contributed by atoms with Gasteiger partial charge >= 0.3 is 5.97 Å². The maximum atomic E-state index is 12.7. The second-order valence-corrected chi connectivity index (χ2v) is 7.87. The Balaban J connectivity index is 1.96. The van der Waals surface area contributed by atoms with Crippen LogP contribution in [0.1, 0.15) is 28.7 Å². The highest BCUT2D eigenvalue weighted by Gasteiger charge is 2.24. The first-order chi connectivity index (χ1) is 15.2. The molecular weight excluding hydrogens is 434 g/mol. The monoisotopic (exact) mass is 455 g/mol. The largest absolute Gasteiger partial charge is 0.462 e. The Morgan fingerprint density at radius 2 is 1.88 bits per heavy atom. The number of aryl methyl sites for hydroxylation is 2. The predicted octanol–water partition coefficient (Wildman–Crippen LogP) is 3.92. The Kier molecular flexibility index (Phi) is 6.84. The zero-order valence-corrected chi connectivity index (χ0v) is 18.5. The molecule has 1 N–H and O–H groups in total. The van der Waals surface area contributed by atoms with Crippen LogP contribution in [0.2, 0.25) is 0 Å². The molecule has 0 spiro atoms. The molecule has 2 heterocycles. The number of hydrogen-bond acceptors (Lipinski definition) is 7. The lowest BCUT2D eigenvalue weighted by Crippen LogP contribution is -2.23. The van der Waals surface area contributed by atoms with Gasteiger partial charge in [0.25, 0.3) is 5.69 Å². The molecule has 166 valence electrons. The van der Waals surface area contributed by atoms with Gasteiger partial charge in [-0.1, -0.05) is 12.1 Å². The minimum atomic E-state index is -0.638. The fourth-order valence-electron chi connectivity index (χ4n) is 3.30. The molecule has 3 aromatic rings. The summed E-state index contributed by atoms with van der Waals surface area (Å²) in [5, 5.41) is 15.8. The van der Waals surface area contributed by atoms with Gasteiger partial charge in [0.1, 0.15) is 17.1 Å². The molecular formula is C22H21N3O6S. The highest BCUT2D eigenvalue weighted by molar-refractivity contribution is 7.15. The molecule has 0 aliphatic rings. The second-order valence-electron chi connectivity index (χ2n) is 6.99. The third kappa shape index (κ3) is 4.92. The Hall–Kier alpha value is -3.79. The van der Waals surface area contributed by atoms with Crippen LogP contribution in [0.15, 0.2) is 46.6 Å². The number of nitrogens with zero attached hydrogens (tertiary/aromatic N) is 2. The summed E-state index contributed by atoms with van der Waals surface area (Å²) in [4.78, 5) is 47.7. The quantitative estimate of drug-likeness (QED) is 0.327. The molecule has 0 aliphatic carbocycles. The average molecular weight is 455 g/mol. The van der Waals surface area contributed by atoms with Gasteiger partial charge in [-0.3, -0.25) is 19.7 Å². The number of amides is 1. The van der Waals surface area contributed by atoms with Crippen LogP contribution in [0.25, 0.3) is 11.1 Å². The van der Waals surface area contributed by atoms with E-state index in [1.165, 1.54) is 30.3 Å². The first-order valence-corrected chi connectivity index (χ1v) is 10.6. The topological polar surface area (TPSA) is 121 Å². The molecule has 0 radical (unpaired) electrons. The molecule has 9 nitrogen and oxygen atoms in total. The van der Waals surface area contributed by atoms with Crippen molar-refractivity contribution in [1.82, 2.24) is 4.57 Å². The molecule has 2 aromatic heterocycles. The smallest absolute Gasteiger partial charge is 0.341 e. The number of pyridine rings is 1. The number of thiophene rings is 1. The Morgan fingerprint density at radius 3 is 2.50 bits per heavy atom. The van der Waals surface area contributed by atoms with E-state index in [2.05, 4.69) is 5.32 Å². The summed E-state index contributed by atoms with van der Waals surface area (Å²) >= 11 is 1.13. The van der Waals surface area contributed by atoms with E-state index < -0.39 is 16.8 Å². The lowest BCUT2D eigenvalue weighted by atomic mass is 10.0. The number of nitro groups is 1. The van der Waals surface area contributed by atoms with Gasteiger partial charge in [-0.2, -0.15) is 0 Å². The number of carbonyl (C=O) groups is 2. The lowest BCUT2D eigenvalue weighted by molar-refractivity contribution is -0.384. The van der Waals surface area contributed by atoms with E-state index in [0.717, 1.165) is 11.3 Å². The third-order valence-corrected chi connectivity index (χ3v) is 5.64. The van der Waals surface area contributed by atoms with Gasteiger partial charge in [0.05, 0.1) is 11.5 Å². The number of benzene rings is 1. The first kappa shape index (κ1) is 22.9. The molecule has 0 fully saturated rings. The normalized spacial score (nSPS) is 10.6. The maximum Gasteiger partial charge on any atom is 0.341 e.